The van der Waals surface area contributed by atoms with Gasteiger partial charge in [-0.05, 0) is 43.7 Å². The number of nitriles is 1. The van der Waals surface area contributed by atoms with Crippen LogP contribution in [0.5, 0.6) is 0 Å². The number of pyridine rings is 1. The standard InChI is InChI=1S/C22H27ClN2/c1-6-11-22(5,16(4)7-2)18-13-15(3)17(14-24)21(23)20(18)19-10-8-9-12-25-19/h6,8-12,16,18H,7,13H2,1-5H3. The van der Waals surface area contributed by atoms with Crippen LogP contribution in [-0.4, -0.2) is 4.98 Å². The first-order valence-corrected chi connectivity index (χ1v) is 9.33. The number of hydrogen-bond donors (Lipinski definition) is 0. The van der Waals surface area contributed by atoms with Crippen molar-refractivity contribution in [2.24, 2.45) is 17.3 Å². The van der Waals surface area contributed by atoms with Crippen LogP contribution >= 0.6 is 11.6 Å². The van der Waals surface area contributed by atoms with Crippen molar-refractivity contribution >= 4 is 17.2 Å². The van der Waals surface area contributed by atoms with Gasteiger partial charge in [0.1, 0.15) is 6.07 Å². The van der Waals surface area contributed by atoms with Crippen LogP contribution in [0.15, 0.2) is 52.7 Å². The molecule has 0 radical (unpaired) electrons. The summed E-state index contributed by atoms with van der Waals surface area (Å²) < 4.78 is 0. The van der Waals surface area contributed by atoms with Crippen molar-refractivity contribution in [3.63, 3.8) is 0 Å². The number of halogens is 1. The number of hydrogen-bond acceptors (Lipinski definition) is 2. The van der Waals surface area contributed by atoms with E-state index >= 15 is 0 Å². The highest BCUT2D eigenvalue weighted by molar-refractivity contribution is 6.36. The van der Waals surface area contributed by atoms with E-state index in [-0.39, 0.29) is 11.3 Å². The third-order valence-corrected chi connectivity index (χ3v) is 6.14. The zero-order valence-corrected chi connectivity index (χ0v) is 16.6. The van der Waals surface area contributed by atoms with Gasteiger partial charge in [0.25, 0.3) is 0 Å². The zero-order chi connectivity index (χ0) is 18.6. The molecule has 1 heterocycles. The molecule has 0 amide bonds. The van der Waals surface area contributed by atoms with E-state index in [9.17, 15) is 5.26 Å². The Balaban J connectivity index is 2.73. The number of nitrogens with zero attached hydrogens (tertiary/aromatic N) is 2. The fourth-order valence-electron chi connectivity index (χ4n) is 3.90. The summed E-state index contributed by atoms with van der Waals surface area (Å²) in [5, 5.41) is 10.1. The Morgan fingerprint density at radius 1 is 1.48 bits per heavy atom. The quantitative estimate of drug-likeness (QED) is 0.564. The Kier molecular flexibility index (Phi) is 6.25. The molecule has 0 aliphatic heterocycles. The molecule has 0 saturated heterocycles. The molecule has 3 unspecified atom stereocenters. The molecule has 0 bridgehead atoms. The third kappa shape index (κ3) is 3.58. The molecule has 1 aromatic rings. The van der Waals surface area contributed by atoms with E-state index in [1.165, 1.54) is 0 Å². The van der Waals surface area contributed by atoms with E-state index in [0.717, 1.165) is 29.7 Å². The van der Waals surface area contributed by atoms with Crippen LogP contribution < -0.4 is 0 Å². The Bertz CT molecular complexity index is 752. The van der Waals surface area contributed by atoms with E-state index in [0.29, 0.717) is 16.5 Å². The van der Waals surface area contributed by atoms with Crippen LogP contribution in [0, 0.1) is 28.6 Å². The van der Waals surface area contributed by atoms with E-state index < -0.39 is 0 Å². The first kappa shape index (κ1) is 19.5. The van der Waals surface area contributed by atoms with E-state index in [4.69, 9.17) is 11.6 Å². The van der Waals surface area contributed by atoms with E-state index in [2.05, 4.69) is 50.9 Å². The van der Waals surface area contributed by atoms with Crippen molar-refractivity contribution in [3.8, 4) is 6.07 Å². The molecule has 0 spiro atoms. The molecule has 0 fully saturated rings. The first-order valence-electron chi connectivity index (χ1n) is 8.95. The fraction of sp³-hybridized carbons (Fsp3) is 0.455. The summed E-state index contributed by atoms with van der Waals surface area (Å²) in [4.78, 5) is 4.56. The molecule has 3 atom stereocenters. The van der Waals surface area contributed by atoms with Gasteiger partial charge in [0.2, 0.25) is 0 Å². The first-order chi connectivity index (χ1) is 11.9. The highest BCUT2D eigenvalue weighted by Crippen LogP contribution is 2.52. The van der Waals surface area contributed by atoms with E-state index in [1.54, 1.807) is 6.20 Å². The van der Waals surface area contributed by atoms with Crippen LogP contribution in [-0.2, 0) is 0 Å². The second-order valence-corrected chi connectivity index (χ2v) is 7.52. The van der Waals surface area contributed by atoms with Crippen molar-refractivity contribution < 1.29 is 0 Å². The molecule has 25 heavy (non-hydrogen) atoms. The van der Waals surface area contributed by atoms with Crippen molar-refractivity contribution in [1.82, 2.24) is 4.98 Å². The third-order valence-electron chi connectivity index (χ3n) is 5.74. The van der Waals surface area contributed by atoms with Gasteiger partial charge in [0.15, 0.2) is 0 Å². The van der Waals surface area contributed by atoms with Gasteiger partial charge in [-0.25, -0.2) is 0 Å². The van der Waals surface area contributed by atoms with Gasteiger partial charge in [-0.1, -0.05) is 62.6 Å². The van der Waals surface area contributed by atoms with Gasteiger partial charge in [0.05, 0.1) is 16.3 Å². The zero-order valence-electron chi connectivity index (χ0n) is 15.8. The van der Waals surface area contributed by atoms with Gasteiger partial charge in [-0.2, -0.15) is 5.26 Å². The average Bonchev–Trinajstić information content (AvgIpc) is 2.61. The molecule has 0 N–H and O–H groups in total. The number of allylic oxidation sites excluding steroid dienone is 6. The minimum Gasteiger partial charge on any atom is -0.257 e. The largest absolute Gasteiger partial charge is 0.257 e. The minimum atomic E-state index is -0.0568. The fourth-order valence-corrected chi connectivity index (χ4v) is 4.33. The molecule has 1 aliphatic rings. The van der Waals surface area contributed by atoms with Crippen molar-refractivity contribution in [2.75, 3.05) is 0 Å². The topological polar surface area (TPSA) is 36.7 Å². The Morgan fingerprint density at radius 2 is 2.20 bits per heavy atom. The predicted molar refractivity (Wildman–Crippen MR) is 106 cm³/mol. The SMILES string of the molecule is CC=CC(C)(C(C)CC)C1CC(C)=C(C#N)C(Cl)=C1c1ccccn1. The summed E-state index contributed by atoms with van der Waals surface area (Å²) in [6.45, 7) is 10.9. The average molecular weight is 355 g/mol. The Hall–Kier alpha value is -1.85. The smallest absolute Gasteiger partial charge is 0.101 e. The molecule has 132 valence electrons. The van der Waals surface area contributed by atoms with Crippen molar-refractivity contribution in [2.45, 2.75) is 47.5 Å². The molecular formula is C22H27ClN2. The van der Waals surface area contributed by atoms with Crippen LogP contribution in [0.2, 0.25) is 0 Å². The van der Waals surface area contributed by atoms with Gasteiger partial charge in [0, 0.05) is 17.7 Å². The summed E-state index contributed by atoms with van der Waals surface area (Å²) in [6, 6.07) is 8.17. The lowest BCUT2D eigenvalue weighted by Gasteiger charge is -2.43. The molecule has 2 rings (SSSR count). The van der Waals surface area contributed by atoms with Crippen LogP contribution in [0.25, 0.3) is 5.57 Å². The maximum Gasteiger partial charge on any atom is 0.101 e. The molecule has 2 nitrogen and oxygen atoms in total. The normalized spacial score (nSPS) is 22.0. The van der Waals surface area contributed by atoms with Gasteiger partial charge in [-0.3, -0.25) is 4.98 Å². The molecule has 3 heteroatoms. The molecule has 1 aliphatic carbocycles. The van der Waals surface area contributed by atoms with Gasteiger partial charge in [-0.15, -0.1) is 0 Å². The van der Waals surface area contributed by atoms with Gasteiger partial charge >= 0.3 is 0 Å². The van der Waals surface area contributed by atoms with Crippen molar-refractivity contribution in [3.05, 3.63) is 58.4 Å². The summed E-state index contributed by atoms with van der Waals surface area (Å²) in [5.74, 6) is 0.673. The van der Waals surface area contributed by atoms with Crippen molar-refractivity contribution in [1.29, 1.82) is 5.26 Å². The van der Waals surface area contributed by atoms with E-state index in [1.807, 2.05) is 25.1 Å². The van der Waals surface area contributed by atoms with Crippen LogP contribution in [0.4, 0.5) is 0 Å². The lowest BCUT2D eigenvalue weighted by molar-refractivity contribution is 0.197. The lowest BCUT2D eigenvalue weighted by Crippen LogP contribution is -2.35. The minimum absolute atomic E-state index is 0.0568. The van der Waals surface area contributed by atoms with Crippen LogP contribution in [0.3, 0.4) is 0 Å². The summed E-state index contributed by atoms with van der Waals surface area (Å²) in [6.07, 6.45) is 8.14. The molecule has 1 aromatic heterocycles. The predicted octanol–water partition coefficient (Wildman–Crippen LogP) is 6.52. The summed E-state index contributed by atoms with van der Waals surface area (Å²) in [5.41, 5.74) is 3.49. The Labute approximate surface area is 156 Å². The summed E-state index contributed by atoms with van der Waals surface area (Å²) in [7, 11) is 0. The summed E-state index contributed by atoms with van der Waals surface area (Å²) >= 11 is 6.76. The monoisotopic (exact) mass is 354 g/mol. The van der Waals surface area contributed by atoms with Crippen LogP contribution in [0.1, 0.15) is 53.2 Å². The molecular weight excluding hydrogens is 328 g/mol. The highest BCUT2D eigenvalue weighted by atomic mass is 35.5. The Morgan fingerprint density at radius 3 is 2.72 bits per heavy atom. The molecule has 0 aromatic carbocycles. The number of aromatic nitrogens is 1. The second-order valence-electron chi connectivity index (χ2n) is 7.14. The second kappa shape index (κ2) is 8.02. The van der Waals surface area contributed by atoms with Gasteiger partial charge < -0.3 is 0 Å². The highest BCUT2D eigenvalue weighted by Gasteiger charge is 2.42. The molecule has 0 saturated carbocycles. The number of rotatable bonds is 5. The lowest BCUT2D eigenvalue weighted by atomic mass is 9.61. The maximum atomic E-state index is 9.58. The maximum absolute atomic E-state index is 9.58.